The molecule has 1 atom stereocenters. The maximum atomic E-state index is 12.5. The van der Waals surface area contributed by atoms with Gasteiger partial charge in [-0.1, -0.05) is 23.7 Å². The fourth-order valence-electron chi connectivity index (χ4n) is 2.81. The zero-order valence-electron chi connectivity index (χ0n) is 9.71. The highest BCUT2D eigenvalue weighted by atomic mass is 35.5. The van der Waals surface area contributed by atoms with Gasteiger partial charge < -0.3 is 5.32 Å². The monoisotopic (exact) mass is 249 g/mol. The summed E-state index contributed by atoms with van der Waals surface area (Å²) >= 11 is 5.89. The Morgan fingerprint density at radius 1 is 1.29 bits per heavy atom. The average Bonchev–Trinajstić information content (AvgIpc) is 2.97. The Kier molecular flexibility index (Phi) is 2.72. The lowest BCUT2D eigenvalue weighted by atomic mass is 9.87. The molecule has 1 N–H and O–H groups in total. The Hall–Kier alpha value is -0.860. The van der Waals surface area contributed by atoms with E-state index < -0.39 is 0 Å². The third-order valence-corrected chi connectivity index (χ3v) is 4.25. The van der Waals surface area contributed by atoms with E-state index in [-0.39, 0.29) is 11.5 Å². The summed E-state index contributed by atoms with van der Waals surface area (Å²) in [5.41, 5.74) is 0.938. The molecule has 0 bridgehead atoms. The van der Waals surface area contributed by atoms with Crippen molar-refractivity contribution in [1.29, 1.82) is 0 Å². The first-order valence-electron chi connectivity index (χ1n) is 6.26. The lowest BCUT2D eigenvalue weighted by Crippen LogP contribution is -2.38. The molecule has 1 unspecified atom stereocenters. The number of carbonyl (C=O) groups excluding carboxylic acids is 1. The van der Waals surface area contributed by atoms with Crippen LogP contribution in [0, 0.1) is 0 Å². The van der Waals surface area contributed by atoms with Crippen LogP contribution < -0.4 is 5.32 Å². The SMILES string of the molecule is O=C(C1CCCN1)C1(c2ccc(Cl)cc2)CC1. The summed E-state index contributed by atoms with van der Waals surface area (Å²) < 4.78 is 0. The second-order valence-electron chi connectivity index (χ2n) is 5.10. The summed E-state index contributed by atoms with van der Waals surface area (Å²) in [6, 6.07) is 7.84. The van der Waals surface area contributed by atoms with Gasteiger partial charge in [-0.15, -0.1) is 0 Å². The summed E-state index contributed by atoms with van der Waals surface area (Å²) in [4.78, 5) is 12.5. The predicted molar refractivity (Wildman–Crippen MR) is 68.4 cm³/mol. The number of benzene rings is 1. The number of carbonyl (C=O) groups is 1. The van der Waals surface area contributed by atoms with Gasteiger partial charge in [0.15, 0.2) is 5.78 Å². The van der Waals surface area contributed by atoms with E-state index in [1.165, 1.54) is 0 Å². The maximum absolute atomic E-state index is 12.5. The molecule has 1 saturated heterocycles. The van der Waals surface area contributed by atoms with Gasteiger partial charge in [0, 0.05) is 5.02 Å². The average molecular weight is 250 g/mol. The van der Waals surface area contributed by atoms with Gasteiger partial charge in [0.25, 0.3) is 0 Å². The molecule has 0 aromatic heterocycles. The van der Waals surface area contributed by atoms with Crippen LogP contribution in [-0.2, 0) is 10.2 Å². The van der Waals surface area contributed by atoms with Crippen molar-refractivity contribution in [3.8, 4) is 0 Å². The van der Waals surface area contributed by atoms with E-state index >= 15 is 0 Å². The minimum atomic E-state index is -0.202. The molecule has 1 aromatic rings. The molecule has 0 radical (unpaired) electrons. The van der Waals surface area contributed by atoms with Gasteiger partial charge in [-0.2, -0.15) is 0 Å². The largest absolute Gasteiger partial charge is 0.307 e. The number of hydrogen-bond acceptors (Lipinski definition) is 2. The molecule has 17 heavy (non-hydrogen) atoms. The Labute approximate surface area is 106 Å². The minimum Gasteiger partial charge on any atom is -0.307 e. The van der Waals surface area contributed by atoms with Crippen LogP contribution in [0.2, 0.25) is 5.02 Å². The topological polar surface area (TPSA) is 29.1 Å². The van der Waals surface area contributed by atoms with Gasteiger partial charge >= 0.3 is 0 Å². The van der Waals surface area contributed by atoms with Gasteiger partial charge in [0.1, 0.15) is 0 Å². The van der Waals surface area contributed by atoms with Crippen LogP contribution >= 0.6 is 11.6 Å². The molecule has 1 aliphatic heterocycles. The first kappa shape index (κ1) is 11.2. The summed E-state index contributed by atoms with van der Waals surface area (Å²) in [5.74, 6) is 0.386. The number of halogens is 1. The second kappa shape index (κ2) is 4.11. The number of ketones is 1. The molecule has 2 fully saturated rings. The Bertz CT molecular complexity index is 430. The van der Waals surface area contributed by atoms with Crippen LogP contribution in [0.4, 0.5) is 0 Å². The zero-order chi connectivity index (χ0) is 11.9. The van der Waals surface area contributed by atoms with Crippen LogP contribution in [0.3, 0.4) is 0 Å². The molecule has 1 heterocycles. The number of rotatable bonds is 3. The molecule has 90 valence electrons. The molecule has 2 aliphatic rings. The Morgan fingerprint density at radius 3 is 2.53 bits per heavy atom. The van der Waals surface area contributed by atoms with E-state index in [0.29, 0.717) is 5.78 Å². The van der Waals surface area contributed by atoms with Crippen molar-refractivity contribution in [2.45, 2.75) is 37.1 Å². The highest BCUT2D eigenvalue weighted by Gasteiger charge is 2.53. The van der Waals surface area contributed by atoms with Crippen molar-refractivity contribution in [3.05, 3.63) is 34.9 Å². The van der Waals surface area contributed by atoms with Crippen molar-refractivity contribution in [1.82, 2.24) is 5.32 Å². The smallest absolute Gasteiger partial charge is 0.160 e. The summed E-state index contributed by atoms with van der Waals surface area (Å²) in [7, 11) is 0. The predicted octanol–water partition coefficient (Wildman–Crippen LogP) is 2.69. The first-order chi connectivity index (χ1) is 8.22. The second-order valence-corrected chi connectivity index (χ2v) is 5.54. The molecule has 1 aromatic carbocycles. The van der Waals surface area contributed by atoms with E-state index in [4.69, 9.17) is 11.6 Å². The van der Waals surface area contributed by atoms with Crippen molar-refractivity contribution in [3.63, 3.8) is 0 Å². The molecular weight excluding hydrogens is 234 g/mol. The lowest BCUT2D eigenvalue weighted by Gasteiger charge is -2.19. The van der Waals surface area contributed by atoms with E-state index in [0.717, 1.165) is 42.8 Å². The number of Topliss-reactive ketones (excluding diaryl/α,β-unsaturated/α-hetero) is 1. The quantitative estimate of drug-likeness (QED) is 0.893. The molecule has 0 spiro atoms. The van der Waals surface area contributed by atoms with Crippen LogP contribution in [-0.4, -0.2) is 18.4 Å². The van der Waals surface area contributed by atoms with Crippen molar-refractivity contribution >= 4 is 17.4 Å². The van der Waals surface area contributed by atoms with Crippen LogP contribution in [0.25, 0.3) is 0 Å². The van der Waals surface area contributed by atoms with Crippen molar-refractivity contribution < 1.29 is 4.79 Å². The molecule has 1 aliphatic carbocycles. The van der Waals surface area contributed by atoms with Gasteiger partial charge in [-0.25, -0.2) is 0 Å². The third-order valence-electron chi connectivity index (χ3n) is 4.00. The third kappa shape index (κ3) is 1.90. The van der Waals surface area contributed by atoms with Gasteiger partial charge in [-0.3, -0.25) is 4.79 Å². The minimum absolute atomic E-state index is 0.0770. The summed E-state index contributed by atoms with van der Waals surface area (Å²) in [6.45, 7) is 0.979. The van der Waals surface area contributed by atoms with Crippen molar-refractivity contribution in [2.75, 3.05) is 6.54 Å². The van der Waals surface area contributed by atoms with Crippen LogP contribution in [0.15, 0.2) is 24.3 Å². The molecular formula is C14H16ClNO. The number of nitrogens with one attached hydrogen (secondary N) is 1. The molecule has 2 nitrogen and oxygen atoms in total. The Balaban J connectivity index is 1.85. The highest BCUT2D eigenvalue weighted by Crippen LogP contribution is 2.50. The number of hydrogen-bond donors (Lipinski definition) is 1. The normalized spacial score (nSPS) is 25.8. The van der Waals surface area contributed by atoms with E-state index in [9.17, 15) is 4.79 Å². The van der Waals surface area contributed by atoms with E-state index in [1.54, 1.807) is 0 Å². The van der Waals surface area contributed by atoms with Crippen LogP contribution in [0.5, 0.6) is 0 Å². The van der Waals surface area contributed by atoms with Gasteiger partial charge in [0.2, 0.25) is 0 Å². The summed E-state index contributed by atoms with van der Waals surface area (Å²) in [6.07, 6.45) is 4.10. The fraction of sp³-hybridized carbons (Fsp3) is 0.500. The standard InChI is InChI=1S/C14H16ClNO/c15-11-5-3-10(4-6-11)14(7-8-14)13(17)12-2-1-9-16-12/h3-6,12,16H,1-2,7-9H2. The lowest BCUT2D eigenvalue weighted by molar-refractivity contribution is -0.123. The fourth-order valence-corrected chi connectivity index (χ4v) is 2.94. The Morgan fingerprint density at radius 2 is 2.00 bits per heavy atom. The summed E-state index contributed by atoms with van der Waals surface area (Å²) in [5, 5.41) is 4.04. The van der Waals surface area contributed by atoms with E-state index in [2.05, 4.69) is 5.32 Å². The molecule has 1 saturated carbocycles. The first-order valence-corrected chi connectivity index (χ1v) is 6.64. The van der Waals surface area contributed by atoms with Crippen molar-refractivity contribution in [2.24, 2.45) is 0 Å². The maximum Gasteiger partial charge on any atom is 0.160 e. The molecule has 3 rings (SSSR count). The van der Waals surface area contributed by atoms with Gasteiger partial charge in [-0.05, 0) is 49.9 Å². The van der Waals surface area contributed by atoms with Gasteiger partial charge in [0.05, 0.1) is 11.5 Å². The molecule has 0 amide bonds. The van der Waals surface area contributed by atoms with Crippen LogP contribution in [0.1, 0.15) is 31.2 Å². The van der Waals surface area contributed by atoms with E-state index in [1.807, 2.05) is 24.3 Å². The highest BCUT2D eigenvalue weighted by molar-refractivity contribution is 6.30. The molecule has 3 heteroatoms. The zero-order valence-corrected chi connectivity index (χ0v) is 10.5.